The van der Waals surface area contributed by atoms with Crippen molar-refractivity contribution in [2.75, 3.05) is 14.2 Å². The summed E-state index contributed by atoms with van der Waals surface area (Å²) in [7, 11) is 3.19. The second-order valence-corrected chi connectivity index (χ2v) is 5.75. The van der Waals surface area contributed by atoms with Crippen LogP contribution in [0.2, 0.25) is 0 Å². The van der Waals surface area contributed by atoms with Crippen LogP contribution in [0.1, 0.15) is 42.5 Å². The lowest BCUT2D eigenvalue weighted by molar-refractivity contribution is 0.0833. The maximum atomic E-state index is 12.9. The molecule has 0 radical (unpaired) electrons. The lowest BCUT2D eigenvalue weighted by Gasteiger charge is -2.33. The second-order valence-electron chi connectivity index (χ2n) is 5.75. The minimum atomic E-state index is -0.345. The average Bonchev–Trinajstić information content (AvgIpc) is 2.81. The highest BCUT2D eigenvalue weighted by Gasteiger charge is 2.47. The number of fused-ring (bicyclic) bond motifs is 2. The summed E-state index contributed by atoms with van der Waals surface area (Å²) in [5.41, 5.74) is 0.361. The predicted octanol–water partition coefficient (Wildman–Crippen LogP) is 2.56. The molecule has 2 atom stereocenters. The molecule has 0 amide bonds. The molecule has 0 spiro atoms. The molecule has 1 N–H and O–H groups in total. The van der Waals surface area contributed by atoms with E-state index in [4.69, 9.17) is 9.47 Å². The molecule has 108 valence electrons. The lowest BCUT2D eigenvalue weighted by Crippen LogP contribution is -2.52. The smallest absolute Gasteiger partial charge is 0.182 e. The van der Waals surface area contributed by atoms with E-state index in [1.54, 1.807) is 26.4 Å². The molecule has 2 saturated heterocycles. The molecule has 2 bridgehead atoms. The van der Waals surface area contributed by atoms with Crippen molar-refractivity contribution in [3.63, 3.8) is 0 Å². The molecule has 2 heterocycles. The van der Waals surface area contributed by atoms with Crippen LogP contribution in [0.15, 0.2) is 18.2 Å². The Morgan fingerprint density at radius 2 is 2.00 bits per heavy atom. The van der Waals surface area contributed by atoms with Gasteiger partial charge < -0.3 is 14.8 Å². The quantitative estimate of drug-likeness (QED) is 0.858. The van der Waals surface area contributed by atoms with Gasteiger partial charge >= 0.3 is 0 Å². The largest absolute Gasteiger partial charge is 0.493 e. The van der Waals surface area contributed by atoms with E-state index in [2.05, 4.69) is 5.32 Å². The van der Waals surface area contributed by atoms with E-state index in [-0.39, 0.29) is 11.3 Å². The number of hydrogen-bond donors (Lipinski definition) is 1. The number of carbonyl (C=O) groups is 1. The molecule has 1 aromatic carbocycles. The number of ether oxygens (including phenoxy) is 2. The van der Waals surface area contributed by atoms with Crippen molar-refractivity contribution in [3.05, 3.63) is 23.8 Å². The van der Waals surface area contributed by atoms with Gasteiger partial charge in [0.15, 0.2) is 17.3 Å². The number of piperidine rings is 1. The Balaban J connectivity index is 1.91. The van der Waals surface area contributed by atoms with Crippen LogP contribution in [0.5, 0.6) is 11.5 Å². The molecular formula is C16H21NO3. The zero-order chi connectivity index (χ0) is 14.2. The Morgan fingerprint density at radius 3 is 2.75 bits per heavy atom. The van der Waals surface area contributed by atoms with Crippen molar-refractivity contribution in [2.24, 2.45) is 0 Å². The van der Waals surface area contributed by atoms with Gasteiger partial charge in [-0.1, -0.05) is 0 Å². The van der Waals surface area contributed by atoms with E-state index >= 15 is 0 Å². The summed E-state index contributed by atoms with van der Waals surface area (Å²) in [5, 5.41) is 3.55. The van der Waals surface area contributed by atoms with Gasteiger partial charge in [0.25, 0.3) is 0 Å². The van der Waals surface area contributed by atoms with Gasteiger partial charge in [-0.25, -0.2) is 0 Å². The number of nitrogens with one attached hydrogen (secondary N) is 1. The predicted molar refractivity (Wildman–Crippen MR) is 76.6 cm³/mol. The zero-order valence-corrected chi connectivity index (χ0v) is 12.1. The van der Waals surface area contributed by atoms with E-state index in [0.29, 0.717) is 23.1 Å². The summed E-state index contributed by atoms with van der Waals surface area (Å²) in [6.45, 7) is 0. The Hall–Kier alpha value is -1.55. The Bertz CT molecular complexity index is 524. The van der Waals surface area contributed by atoms with Crippen LogP contribution >= 0.6 is 0 Å². The maximum Gasteiger partial charge on any atom is 0.182 e. The van der Waals surface area contributed by atoms with Gasteiger partial charge in [-0.15, -0.1) is 0 Å². The molecule has 2 aliphatic rings. The van der Waals surface area contributed by atoms with Crippen molar-refractivity contribution in [1.29, 1.82) is 0 Å². The maximum absolute atomic E-state index is 12.9. The summed E-state index contributed by atoms with van der Waals surface area (Å²) < 4.78 is 10.5. The topological polar surface area (TPSA) is 47.6 Å². The number of rotatable bonds is 4. The van der Waals surface area contributed by atoms with E-state index in [1.807, 2.05) is 6.07 Å². The van der Waals surface area contributed by atoms with E-state index < -0.39 is 0 Å². The standard InChI is InChI=1S/C16H21NO3/c1-19-13-6-5-11(10-14(13)20-2)15(18)16-8-3-4-12(17-16)7-9-16/h5-6,10,12,17H,3-4,7-9H2,1-2H3. The highest BCUT2D eigenvalue weighted by molar-refractivity contribution is 6.04. The fourth-order valence-corrected chi connectivity index (χ4v) is 3.57. The molecular weight excluding hydrogens is 254 g/mol. The van der Waals surface area contributed by atoms with Gasteiger partial charge in [0.1, 0.15) is 0 Å². The van der Waals surface area contributed by atoms with Gasteiger partial charge in [0.2, 0.25) is 0 Å². The van der Waals surface area contributed by atoms with Crippen LogP contribution in [0, 0.1) is 0 Å². The molecule has 0 saturated carbocycles. The SMILES string of the molecule is COc1ccc(C(=O)C23CCCC(CC2)N3)cc1OC. The van der Waals surface area contributed by atoms with Crippen molar-refractivity contribution >= 4 is 5.78 Å². The Kier molecular flexibility index (Phi) is 3.42. The number of carbonyl (C=O) groups excluding carboxylic acids is 1. The molecule has 1 aromatic rings. The second kappa shape index (κ2) is 5.09. The Labute approximate surface area is 119 Å². The van der Waals surface area contributed by atoms with E-state index in [1.165, 1.54) is 6.42 Å². The average molecular weight is 275 g/mol. The van der Waals surface area contributed by atoms with Gasteiger partial charge in [0.05, 0.1) is 19.8 Å². The first-order valence-electron chi connectivity index (χ1n) is 7.23. The van der Waals surface area contributed by atoms with Gasteiger partial charge in [-0.2, -0.15) is 0 Å². The molecule has 4 nitrogen and oxygen atoms in total. The summed E-state index contributed by atoms with van der Waals surface area (Å²) in [6.07, 6.45) is 5.33. The summed E-state index contributed by atoms with van der Waals surface area (Å²) in [5.74, 6) is 1.46. The lowest BCUT2D eigenvalue weighted by atomic mass is 9.83. The van der Waals surface area contributed by atoms with Crippen LogP contribution in [0.25, 0.3) is 0 Å². The number of benzene rings is 1. The molecule has 0 aliphatic carbocycles. The molecule has 2 fully saturated rings. The first kappa shape index (κ1) is 13.4. The van der Waals surface area contributed by atoms with Gasteiger partial charge in [-0.05, 0) is 50.3 Å². The minimum absolute atomic E-state index is 0.195. The molecule has 2 aliphatic heterocycles. The normalized spacial score (nSPS) is 28.2. The molecule has 0 aromatic heterocycles. The summed E-state index contributed by atoms with van der Waals surface area (Å²) in [4.78, 5) is 12.9. The molecule has 3 rings (SSSR count). The fraction of sp³-hybridized carbons (Fsp3) is 0.562. The summed E-state index contributed by atoms with van der Waals surface area (Å²) >= 11 is 0. The van der Waals surface area contributed by atoms with Crippen LogP contribution in [-0.4, -0.2) is 31.6 Å². The minimum Gasteiger partial charge on any atom is -0.493 e. The van der Waals surface area contributed by atoms with Crippen molar-refractivity contribution in [3.8, 4) is 11.5 Å². The third-order valence-electron chi connectivity index (χ3n) is 4.64. The molecule has 20 heavy (non-hydrogen) atoms. The first-order chi connectivity index (χ1) is 9.68. The summed E-state index contributed by atoms with van der Waals surface area (Å²) in [6, 6.07) is 5.95. The molecule has 2 unspecified atom stereocenters. The third kappa shape index (κ3) is 2.08. The van der Waals surface area contributed by atoms with Crippen LogP contribution in [0.3, 0.4) is 0 Å². The Morgan fingerprint density at radius 1 is 1.20 bits per heavy atom. The highest BCUT2D eigenvalue weighted by atomic mass is 16.5. The van der Waals surface area contributed by atoms with Crippen molar-refractivity contribution in [1.82, 2.24) is 5.32 Å². The van der Waals surface area contributed by atoms with Crippen molar-refractivity contribution < 1.29 is 14.3 Å². The van der Waals surface area contributed by atoms with Crippen molar-refractivity contribution in [2.45, 2.75) is 43.7 Å². The number of ketones is 1. The van der Waals surface area contributed by atoms with Crippen LogP contribution < -0.4 is 14.8 Å². The van der Waals surface area contributed by atoms with Gasteiger partial charge in [0, 0.05) is 11.6 Å². The molecule has 4 heteroatoms. The number of Topliss-reactive ketones (excluding diaryl/α,β-unsaturated/α-hetero) is 1. The highest BCUT2D eigenvalue weighted by Crippen LogP contribution is 2.39. The monoisotopic (exact) mass is 275 g/mol. The zero-order valence-electron chi connectivity index (χ0n) is 12.1. The van der Waals surface area contributed by atoms with Crippen LogP contribution in [0.4, 0.5) is 0 Å². The van der Waals surface area contributed by atoms with Crippen LogP contribution in [-0.2, 0) is 0 Å². The van der Waals surface area contributed by atoms with E-state index in [0.717, 1.165) is 25.7 Å². The third-order valence-corrected chi connectivity index (χ3v) is 4.64. The number of hydrogen-bond acceptors (Lipinski definition) is 4. The number of methoxy groups -OCH3 is 2. The first-order valence-corrected chi connectivity index (χ1v) is 7.23. The van der Waals surface area contributed by atoms with Gasteiger partial charge in [-0.3, -0.25) is 4.79 Å². The fourth-order valence-electron chi connectivity index (χ4n) is 3.57. The van der Waals surface area contributed by atoms with E-state index in [9.17, 15) is 4.79 Å².